The van der Waals surface area contributed by atoms with Gasteiger partial charge < -0.3 is 15.4 Å². The van der Waals surface area contributed by atoms with Gasteiger partial charge in [-0.15, -0.1) is 11.3 Å². The Morgan fingerprint density at radius 2 is 1.95 bits per heavy atom. The lowest BCUT2D eigenvalue weighted by molar-refractivity contribution is -0.123. The monoisotopic (exact) mass is 318 g/mol. The first kappa shape index (κ1) is 16.0. The first-order valence-electron chi connectivity index (χ1n) is 6.93. The highest BCUT2D eigenvalue weighted by atomic mass is 32.1. The lowest BCUT2D eigenvalue weighted by atomic mass is 10.3. The summed E-state index contributed by atoms with van der Waals surface area (Å²) in [5.74, 6) is 0.309. The van der Waals surface area contributed by atoms with Crippen LogP contribution in [0.4, 0.5) is 5.69 Å². The second-order valence-corrected chi connectivity index (χ2v) is 5.71. The van der Waals surface area contributed by atoms with Gasteiger partial charge in [-0.2, -0.15) is 0 Å². The maximum absolute atomic E-state index is 11.7. The topological polar surface area (TPSA) is 67.4 Å². The highest BCUT2D eigenvalue weighted by Crippen LogP contribution is 2.15. The highest BCUT2D eigenvalue weighted by Gasteiger charge is 2.03. The molecule has 0 unspecified atom stereocenters. The Hall–Kier alpha value is -2.34. The fraction of sp³-hybridized carbons (Fsp3) is 0.250. The Morgan fingerprint density at radius 3 is 2.59 bits per heavy atom. The predicted molar refractivity (Wildman–Crippen MR) is 87.3 cm³/mol. The van der Waals surface area contributed by atoms with Crippen molar-refractivity contribution in [1.29, 1.82) is 0 Å². The Balaban J connectivity index is 1.68. The molecule has 1 heterocycles. The van der Waals surface area contributed by atoms with Gasteiger partial charge in [0, 0.05) is 24.0 Å². The van der Waals surface area contributed by atoms with Gasteiger partial charge >= 0.3 is 0 Å². The van der Waals surface area contributed by atoms with Crippen LogP contribution in [0.1, 0.15) is 11.8 Å². The molecule has 1 aromatic heterocycles. The molecule has 116 valence electrons. The zero-order valence-corrected chi connectivity index (χ0v) is 13.1. The van der Waals surface area contributed by atoms with E-state index in [4.69, 9.17) is 4.74 Å². The minimum absolute atomic E-state index is 0.0239. The number of carbonyl (C=O) groups excluding carboxylic acids is 2. The predicted octanol–water partition coefficient (Wildman–Crippen LogP) is 2.44. The van der Waals surface area contributed by atoms with Crippen LogP contribution in [0.3, 0.4) is 0 Å². The second kappa shape index (κ2) is 8.19. The van der Waals surface area contributed by atoms with Gasteiger partial charge in [-0.3, -0.25) is 9.59 Å². The first-order chi connectivity index (χ1) is 10.6. The molecule has 0 saturated carbocycles. The van der Waals surface area contributed by atoms with E-state index < -0.39 is 0 Å². The number of nitrogens with one attached hydrogen (secondary N) is 2. The fourth-order valence-electron chi connectivity index (χ4n) is 1.82. The van der Waals surface area contributed by atoms with Crippen LogP contribution in [-0.2, 0) is 16.0 Å². The van der Waals surface area contributed by atoms with Crippen LogP contribution >= 0.6 is 11.3 Å². The summed E-state index contributed by atoms with van der Waals surface area (Å²) in [6, 6.07) is 10.9. The minimum Gasteiger partial charge on any atom is -0.484 e. The third-order valence-electron chi connectivity index (χ3n) is 2.82. The lowest BCUT2D eigenvalue weighted by Gasteiger charge is -2.08. The van der Waals surface area contributed by atoms with Gasteiger partial charge in [0.2, 0.25) is 5.91 Å². The number of benzene rings is 1. The number of rotatable bonds is 7. The zero-order chi connectivity index (χ0) is 15.8. The van der Waals surface area contributed by atoms with Gasteiger partial charge in [-0.25, -0.2) is 0 Å². The van der Waals surface area contributed by atoms with E-state index in [0.29, 0.717) is 18.0 Å². The molecule has 1 aromatic carbocycles. The molecular formula is C16H18N2O3S. The Morgan fingerprint density at radius 1 is 1.18 bits per heavy atom. The van der Waals surface area contributed by atoms with Gasteiger partial charge in [-0.1, -0.05) is 6.07 Å². The van der Waals surface area contributed by atoms with Gasteiger partial charge in [0.15, 0.2) is 6.61 Å². The van der Waals surface area contributed by atoms with Crippen molar-refractivity contribution in [3.05, 3.63) is 46.7 Å². The van der Waals surface area contributed by atoms with Crippen LogP contribution in [-0.4, -0.2) is 25.0 Å². The lowest BCUT2D eigenvalue weighted by Crippen LogP contribution is -2.30. The van der Waals surface area contributed by atoms with Crippen molar-refractivity contribution in [3.8, 4) is 5.75 Å². The van der Waals surface area contributed by atoms with Crippen LogP contribution in [0.2, 0.25) is 0 Å². The average Bonchev–Trinajstić information content (AvgIpc) is 2.99. The molecule has 0 aliphatic carbocycles. The van der Waals surface area contributed by atoms with Crippen molar-refractivity contribution in [3.63, 3.8) is 0 Å². The third-order valence-corrected chi connectivity index (χ3v) is 3.75. The number of carbonyl (C=O) groups is 2. The molecule has 2 rings (SSSR count). The summed E-state index contributed by atoms with van der Waals surface area (Å²) in [5.41, 5.74) is 0.695. The molecule has 0 aliphatic heterocycles. The molecule has 2 aromatic rings. The number of ether oxygens (including phenoxy) is 1. The molecule has 2 N–H and O–H groups in total. The van der Waals surface area contributed by atoms with E-state index in [2.05, 4.69) is 10.6 Å². The summed E-state index contributed by atoms with van der Waals surface area (Å²) in [5, 5.41) is 7.50. The van der Waals surface area contributed by atoms with E-state index in [1.807, 2.05) is 17.5 Å². The van der Waals surface area contributed by atoms with Gasteiger partial charge in [-0.05, 0) is 42.1 Å². The number of amides is 2. The molecule has 0 aliphatic rings. The van der Waals surface area contributed by atoms with Gasteiger partial charge in [0.05, 0.1) is 0 Å². The summed E-state index contributed by atoms with van der Waals surface area (Å²) in [7, 11) is 0. The Labute approximate surface area is 133 Å². The first-order valence-corrected chi connectivity index (χ1v) is 7.81. The van der Waals surface area contributed by atoms with Crippen LogP contribution in [0.5, 0.6) is 5.75 Å². The van der Waals surface area contributed by atoms with Gasteiger partial charge in [0.25, 0.3) is 5.91 Å². The van der Waals surface area contributed by atoms with Crippen LogP contribution in [0.15, 0.2) is 41.8 Å². The molecule has 6 heteroatoms. The summed E-state index contributed by atoms with van der Waals surface area (Å²) in [4.78, 5) is 23.8. The highest BCUT2D eigenvalue weighted by molar-refractivity contribution is 7.09. The van der Waals surface area contributed by atoms with Crippen molar-refractivity contribution in [2.75, 3.05) is 18.5 Å². The van der Waals surface area contributed by atoms with E-state index in [-0.39, 0.29) is 18.4 Å². The summed E-state index contributed by atoms with van der Waals surface area (Å²) < 4.78 is 5.39. The third kappa shape index (κ3) is 5.57. The van der Waals surface area contributed by atoms with Crippen molar-refractivity contribution >= 4 is 28.8 Å². The molecular weight excluding hydrogens is 300 g/mol. The van der Waals surface area contributed by atoms with Gasteiger partial charge in [0.1, 0.15) is 5.75 Å². The molecule has 0 spiro atoms. The number of hydrogen-bond donors (Lipinski definition) is 2. The average molecular weight is 318 g/mol. The number of hydrogen-bond acceptors (Lipinski definition) is 4. The molecule has 22 heavy (non-hydrogen) atoms. The van der Waals surface area contributed by atoms with E-state index in [9.17, 15) is 9.59 Å². The second-order valence-electron chi connectivity index (χ2n) is 4.67. The minimum atomic E-state index is -0.150. The van der Waals surface area contributed by atoms with Crippen molar-refractivity contribution < 1.29 is 14.3 Å². The van der Waals surface area contributed by atoms with Crippen molar-refractivity contribution in [2.24, 2.45) is 0 Å². The van der Waals surface area contributed by atoms with Crippen molar-refractivity contribution in [1.82, 2.24) is 5.32 Å². The van der Waals surface area contributed by atoms with E-state index >= 15 is 0 Å². The molecule has 0 fully saturated rings. The molecule has 0 atom stereocenters. The van der Waals surface area contributed by atoms with Crippen LogP contribution in [0, 0.1) is 0 Å². The molecule has 2 amide bonds. The summed E-state index contributed by atoms with van der Waals surface area (Å²) in [6.45, 7) is 2.03. The standard InChI is InChI=1S/C16H18N2O3S/c1-12(19)18-13-4-6-14(7-5-13)21-11-16(20)17-9-8-15-3-2-10-22-15/h2-7,10H,8-9,11H2,1H3,(H,17,20)(H,18,19). The number of thiophene rings is 1. The normalized spacial score (nSPS) is 10.0. The smallest absolute Gasteiger partial charge is 0.257 e. The fourth-order valence-corrected chi connectivity index (χ4v) is 2.53. The largest absolute Gasteiger partial charge is 0.484 e. The SMILES string of the molecule is CC(=O)Nc1ccc(OCC(=O)NCCc2cccs2)cc1. The van der Waals surface area contributed by atoms with Crippen LogP contribution in [0.25, 0.3) is 0 Å². The maximum atomic E-state index is 11.7. The summed E-state index contributed by atoms with van der Waals surface area (Å²) >= 11 is 1.68. The maximum Gasteiger partial charge on any atom is 0.257 e. The quantitative estimate of drug-likeness (QED) is 0.824. The molecule has 0 bridgehead atoms. The Kier molecular flexibility index (Phi) is 5.97. The molecule has 5 nitrogen and oxygen atoms in total. The van der Waals surface area contributed by atoms with E-state index in [1.165, 1.54) is 11.8 Å². The summed E-state index contributed by atoms with van der Waals surface area (Å²) in [6.07, 6.45) is 0.828. The Bertz CT molecular complexity index is 609. The molecule has 0 radical (unpaired) electrons. The molecule has 0 saturated heterocycles. The van der Waals surface area contributed by atoms with E-state index in [0.717, 1.165) is 6.42 Å². The van der Waals surface area contributed by atoms with Crippen molar-refractivity contribution in [2.45, 2.75) is 13.3 Å². The van der Waals surface area contributed by atoms with Crippen LogP contribution < -0.4 is 15.4 Å². The zero-order valence-electron chi connectivity index (χ0n) is 12.3. The van der Waals surface area contributed by atoms with E-state index in [1.54, 1.807) is 35.6 Å². The number of anilines is 1.